The van der Waals surface area contributed by atoms with E-state index in [1.807, 2.05) is 6.20 Å². The van der Waals surface area contributed by atoms with Crippen LogP contribution in [0.4, 0.5) is 0 Å². The van der Waals surface area contributed by atoms with Gasteiger partial charge in [0.25, 0.3) is 0 Å². The highest BCUT2D eigenvalue weighted by Gasteiger charge is 2.36. The van der Waals surface area contributed by atoms with E-state index in [4.69, 9.17) is 4.74 Å². The van der Waals surface area contributed by atoms with Gasteiger partial charge in [-0.05, 0) is 25.8 Å². The predicted octanol–water partition coefficient (Wildman–Crippen LogP) is 1.26. The molecule has 2 heterocycles. The highest BCUT2D eigenvalue weighted by molar-refractivity contribution is 5.75. The first kappa shape index (κ1) is 16.0. The summed E-state index contributed by atoms with van der Waals surface area (Å²) in [7, 11) is 5.36. The average molecular weight is 294 g/mol. The fourth-order valence-corrected chi connectivity index (χ4v) is 2.95. The largest absolute Gasteiger partial charge is 0.377 e. The summed E-state index contributed by atoms with van der Waals surface area (Å²) in [5.74, 6) is 1.14. The Bertz CT molecular complexity index is 447. The number of hydrogen-bond donors (Lipinski definition) is 1. The monoisotopic (exact) mass is 294 g/mol. The molecule has 1 N–H and O–H groups in total. The molecule has 21 heavy (non-hydrogen) atoms. The molecule has 1 aliphatic rings. The lowest BCUT2D eigenvalue weighted by molar-refractivity contribution is -0.132. The van der Waals surface area contributed by atoms with Crippen LogP contribution < -0.4 is 0 Å². The number of methoxy groups -OCH3 is 1. The van der Waals surface area contributed by atoms with E-state index >= 15 is 0 Å². The number of nitrogens with one attached hydrogen (secondary N) is 1. The van der Waals surface area contributed by atoms with Crippen LogP contribution in [0, 0.1) is 0 Å². The van der Waals surface area contributed by atoms with Crippen molar-refractivity contribution in [2.45, 2.75) is 37.8 Å². The van der Waals surface area contributed by atoms with Crippen LogP contribution in [0.15, 0.2) is 12.4 Å². The van der Waals surface area contributed by atoms with Gasteiger partial charge in [0.15, 0.2) is 0 Å². The molecule has 1 amide bonds. The highest BCUT2D eigenvalue weighted by atomic mass is 16.5. The van der Waals surface area contributed by atoms with Crippen LogP contribution in [-0.4, -0.2) is 65.6 Å². The first-order valence-corrected chi connectivity index (χ1v) is 7.50. The summed E-state index contributed by atoms with van der Waals surface area (Å²) in [4.78, 5) is 23.2. The number of carbonyl (C=O) groups excluding carboxylic acids is 1. The third kappa shape index (κ3) is 4.28. The number of carbonyl (C=O) groups is 1. The zero-order valence-electron chi connectivity index (χ0n) is 13.3. The van der Waals surface area contributed by atoms with E-state index in [0.29, 0.717) is 6.42 Å². The third-order valence-corrected chi connectivity index (χ3v) is 4.27. The quantitative estimate of drug-likeness (QED) is 0.858. The molecule has 1 aromatic rings. The number of rotatable bonds is 6. The minimum atomic E-state index is -0.212. The number of likely N-dealkylation sites (tertiary alicyclic amines) is 1. The summed E-state index contributed by atoms with van der Waals surface area (Å²) >= 11 is 0. The Hall–Kier alpha value is -1.40. The molecule has 0 spiro atoms. The number of nitrogens with zero attached hydrogens (tertiary/aromatic N) is 3. The zero-order valence-corrected chi connectivity index (χ0v) is 13.3. The molecule has 0 saturated carbocycles. The van der Waals surface area contributed by atoms with Gasteiger partial charge in [-0.2, -0.15) is 0 Å². The molecule has 0 unspecified atom stereocenters. The molecule has 0 aromatic carbocycles. The summed E-state index contributed by atoms with van der Waals surface area (Å²) in [6, 6.07) is 0. The van der Waals surface area contributed by atoms with Gasteiger partial charge in [-0.3, -0.25) is 9.69 Å². The van der Waals surface area contributed by atoms with Crippen molar-refractivity contribution in [2.24, 2.45) is 0 Å². The molecule has 118 valence electrons. The van der Waals surface area contributed by atoms with Gasteiger partial charge in [0.05, 0.1) is 12.1 Å². The molecule has 1 aromatic heterocycles. The summed E-state index contributed by atoms with van der Waals surface area (Å²) in [5, 5.41) is 0. The van der Waals surface area contributed by atoms with Crippen molar-refractivity contribution < 1.29 is 9.53 Å². The summed E-state index contributed by atoms with van der Waals surface area (Å²) in [5.41, 5.74) is -0.212. The van der Waals surface area contributed by atoms with E-state index in [0.717, 1.165) is 44.7 Å². The number of aromatic nitrogens is 2. The summed E-state index contributed by atoms with van der Waals surface area (Å²) in [6.07, 6.45) is 7.03. The molecule has 6 nitrogen and oxygen atoms in total. The molecule has 1 saturated heterocycles. The van der Waals surface area contributed by atoms with E-state index in [1.165, 1.54) is 0 Å². The molecule has 0 bridgehead atoms. The minimum Gasteiger partial charge on any atom is -0.377 e. The molecular formula is C15H26N4O2. The van der Waals surface area contributed by atoms with Crippen LogP contribution >= 0.6 is 0 Å². The number of imidazole rings is 1. The average Bonchev–Trinajstić information content (AvgIpc) is 2.98. The fraction of sp³-hybridized carbons (Fsp3) is 0.733. The third-order valence-electron chi connectivity index (χ3n) is 4.27. The number of hydrogen-bond acceptors (Lipinski definition) is 4. The van der Waals surface area contributed by atoms with Gasteiger partial charge in [0, 0.05) is 46.6 Å². The van der Waals surface area contributed by atoms with Crippen molar-refractivity contribution in [3.63, 3.8) is 0 Å². The fourth-order valence-electron chi connectivity index (χ4n) is 2.95. The van der Waals surface area contributed by atoms with Gasteiger partial charge in [-0.25, -0.2) is 4.98 Å². The normalized spacial score (nSPS) is 23.2. The smallest absolute Gasteiger partial charge is 0.222 e. The van der Waals surface area contributed by atoms with Gasteiger partial charge in [0.2, 0.25) is 5.91 Å². The Morgan fingerprint density at radius 2 is 2.38 bits per heavy atom. The molecule has 1 fully saturated rings. The predicted molar refractivity (Wildman–Crippen MR) is 80.8 cm³/mol. The van der Waals surface area contributed by atoms with E-state index in [1.54, 1.807) is 32.3 Å². The van der Waals surface area contributed by atoms with Crippen LogP contribution in [0.25, 0.3) is 0 Å². The first-order valence-electron chi connectivity index (χ1n) is 7.50. The van der Waals surface area contributed by atoms with Crippen LogP contribution in [-0.2, 0) is 16.1 Å². The highest BCUT2D eigenvalue weighted by Crippen LogP contribution is 2.30. The van der Waals surface area contributed by atoms with Crippen LogP contribution in [0.5, 0.6) is 0 Å². The van der Waals surface area contributed by atoms with E-state index in [9.17, 15) is 4.79 Å². The number of piperidine rings is 1. The Morgan fingerprint density at radius 3 is 3.00 bits per heavy atom. The number of aromatic amines is 1. The maximum absolute atomic E-state index is 11.8. The second-order valence-electron chi connectivity index (χ2n) is 6.03. The second kappa shape index (κ2) is 7.04. The van der Waals surface area contributed by atoms with Crippen molar-refractivity contribution in [2.75, 3.05) is 34.3 Å². The van der Waals surface area contributed by atoms with Crippen molar-refractivity contribution in [3.8, 4) is 0 Å². The van der Waals surface area contributed by atoms with Gasteiger partial charge in [-0.1, -0.05) is 0 Å². The molecular weight excluding hydrogens is 268 g/mol. The maximum atomic E-state index is 11.8. The Morgan fingerprint density at radius 1 is 1.57 bits per heavy atom. The minimum absolute atomic E-state index is 0.162. The van der Waals surface area contributed by atoms with Crippen molar-refractivity contribution in [1.82, 2.24) is 19.8 Å². The van der Waals surface area contributed by atoms with Crippen LogP contribution in [0.3, 0.4) is 0 Å². The van der Waals surface area contributed by atoms with Crippen molar-refractivity contribution >= 4 is 5.91 Å². The van der Waals surface area contributed by atoms with E-state index in [2.05, 4.69) is 14.9 Å². The Balaban J connectivity index is 1.93. The van der Waals surface area contributed by atoms with Gasteiger partial charge < -0.3 is 14.6 Å². The zero-order chi connectivity index (χ0) is 15.3. The van der Waals surface area contributed by atoms with Crippen LogP contribution in [0.1, 0.15) is 31.5 Å². The van der Waals surface area contributed by atoms with Gasteiger partial charge in [-0.15, -0.1) is 0 Å². The molecule has 2 rings (SSSR count). The van der Waals surface area contributed by atoms with Crippen LogP contribution in [0.2, 0.25) is 0 Å². The standard InChI is InChI=1S/C15H26N4O2/c1-18(2)14(20)5-7-15(21-3)6-4-10-19(12-15)11-13-16-8-9-17-13/h8-9H,4-7,10-12H2,1-3H3,(H,16,17)/t15-/m0/s1. The lowest BCUT2D eigenvalue weighted by atomic mass is 9.87. The van der Waals surface area contributed by atoms with Crippen molar-refractivity contribution in [3.05, 3.63) is 18.2 Å². The van der Waals surface area contributed by atoms with Gasteiger partial charge in [0.1, 0.15) is 5.82 Å². The molecule has 1 aliphatic heterocycles. The summed E-state index contributed by atoms with van der Waals surface area (Å²) in [6.45, 7) is 2.71. The van der Waals surface area contributed by atoms with E-state index < -0.39 is 0 Å². The second-order valence-corrected chi connectivity index (χ2v) is 6.03. The molecule has 0 aliphatic carbocycles. The van der Waals surface area contributed by atoms with E-state index in [-0.39, 0.29) is 11.5 Å². The Labute approximate surface area is 126 Å². The Kier molecular flexibility index (Phi) is 5.36. The number of H-pyrrole nitrogens is 1. The topological polar surface area (TPSA) is 61.5 Å². The lowest BCUT2D eigenvalue weighted by Crippen LogP contribution is -2.49. The first-order chi connectivity index (χ1) is 10.0. The maximum Gasteiger partial charge on any atom is 0.222 e. The summed E-state index contributed by atoms with van der Waals surface area (Å²) < 4.78 is 5.82. The van der Waals surface area contributed by atoms with Gasteiger partial charge >= 0.3 is 0 Å². The lowest BCUT2D eigenvalue weighted by Gasteiger charge is -2.41. The molecule has 1 atom stereocenters. The number of amides is 1. The number of ether oxygens (including phenoxy) is 1. The van der Waals surface area contributed by atoms with Crippen molar-refractivity contribution in [1.29, 1.82) is 0 Å². The molecule has 0 radical (unpaired) electrons. The SMILES string of the molecule is CO[C@]1(CCC(=O)N(C)C)CCCN(Cc2ncc[nH]2)C1. The molecule has 6 heteroatoms.